The van der Waals surface area contributed by atoms with E-state index in [0.717, 1.165) is 10.9 Å². The summed E-state index contributed by atoms with van der Waals surface area (Å²) in [7, 11) is 0. The van der Waals surface area contributed by atoms with Crippen molar-refractivity contribution < 1.29 is 9.53 Å². The first-order valence-corrected chi connectivity index (χ1v) is 7.89. The molecule has 0 aliphatic carbocycles. The van der Waals surface area contributed by atoms with Crippen molar-refractivity contribution in [2.24, 2.45) is 5.11 Å². The number of rotatable bonds is 2. The Bertz CT molecular complexity index is 992. The monoisotopic (exact) mass is 334 g/mol. The van der Waals surface area contributed by atoms with E-state index in [4.69, 9.17) is 10.3 Å². The third kappa shape index (κ3) is 3.34. The van der Waals surface area contributed by atoms with Crippen LogP contribution in [0, 0.1) is 0 Å². The highest BCUT2D eigenvalue weighted by molar-refractivity contribution is 5.97. The highest BCUT2D eigenvalue weighted by Crippen LogP contribution is 2.35. The zero-order valence-corrected chi connectivity index (χ0v) is 14.3. The Morgan fingerprint density at radius 3 is 2.52 bits per heavy atom. The maximum atomic E-state index is 12.8. The minimum Gasteiger partial charge on any atom is -0.443 e. The fourth-order valence-corrected chi connectivity index (χ4v) is 2.68. The first-order chi connectivity index (χ1) is 11.9. The Hall–Kier alpha value is -3.24. The molecule has 0 atom stereocenters. The van der Waals surface area contributed by atoms with Crippen molar-refractivity contribution in [1.29, 1.82) is 0 Å². The molecule has 2 aromatic carbocycles. The fourth-order valence-electron chi connectivity index (χ4n) is 2.68. The maximum absolute atomic E-state index is 12.8. The van der Waals surface area contributed by atoms with Gasteiger partial charge in [-0.05, 0) is 38.4 Å². The fraction of sp³-hybridized carbons (Fsp3) is 0.211. The minimum atomic E-state index is -0.621. The van der Waals surface area contributed by atoms with Gasteiger partial charge in [0.25, 0.3) is 0 Å². The molecule has 0 aliphatic rings. The van der Waals surface area contributed by atoms with Crippen LogP contribution in [0.3, 0.4) is 0 Å². The predicted octanol–water partition coefficient (Wildman–Crippen LogP) is 6.03. The molecule has 0 unspecified atom stereocenters. The summed E-state index contributed by atoms with van der Waals surface area (Å²) in [6.07, 6.45) is -0.473. The van der Waals surface area contributed by atoms with Crippen molar-refractivity contribution in [2.45, 2.75) is 26.4 Å². The highest BCUT2D eigenvalue weighted by Gasteiger charge is 2.23. The van der Waals surface area contributed by atoms with E-state index in [2.05, 4.69) is 10.0 Å². The van der Waals surface area contributed by atoms with Gasteiger partial charge in [0.05, 0.1) is 11.2 Å². The van der Waals surface area contributed by atoms with Gasteiger partial charge in [-0.2, -0.15) is 0 Å². The number of aromatic nitrogens is 1. The molecule has 3 aromatic rings. The molecule has 6 nitrogen and oxygen atoms in total. The van der Waals surface area contributed by atoms with E-state index in [-0.39, 0.29) is 0 Å². The summed E-state index contributed by atoms with van der Waals surface area (Å²) in [4.78, 5) is 15.7. The molecule has 3 rings (SSSR count). The number of carbonyl (C=O) groups is 1. The average molecular weight is 334 g/mol. The van der Waals surface area contributed by atoms with Gasteiger partial charge in [0.15, 0.2) is 0 Å². The number of ether oxygens (including phenoxy) is 1. The second-order valence-electron chi connectivity index (χ2n) is 6.61. The molecule has 0 N–H and O–H groups in total. The number of para-hydroxylation sites is 1. The van der Waals surface area contributed by atoms with Crippen LogP contribution in [0.15, 0.2) is 59.7 Å². The molecular weight excluding hydrogens is 316 g/mol. The van der Waals surface area contributed by atoms with Crippen LogP contribution in [0.5, 0.6) is 0 Å². The van der Waals surface area contributed by atoms with Crippen molar-refractivity contribution in [3.63, 3.8) is 0 Å². The van der Waals surface area contributed by atoms with E-state index in [0.29, 0.717) is 16.9 Å². The maximum Gasteiger partial charge on any atom is 0.419 e. The summed E-state index contributed by atoms with van der Waals surface area (Å²) in [5, 5.41) is 4.65. The summed E-state index contributed by atoms with van der Waals surface area (Å²) in [5.41, 5.74) is 10.7. The van der Waals surface area contributed by atoms with Crippen LogP contribution in [0.4, 0.5) is 10.5 Å². The smallest absolute Gasteiger partial charge is 0.419 e. The SMILES string of the molecule is CC(C)(C)OC(=O)n1c(-c2ccccc2N=[N+]=[N-])cc2ccccc21. The zero-order valence-electron chi connectivity index (χ0n) is 14.3. The van der Waals surface area contributed by atoms with Gasteiger partial charge in [0.1, 0.15) is 5.60 Å². The van der Waals surface area contributed by atoms with Crippen molar-refractivity contribution in [3.8, 4) is 11.3 Å². The standard InChI is InChI=1S/C19H18N4O2/c1-19(2,3)25-18(24)23-16-11-7-4-8-13(16)12-17(23)14-9-5-6-10-15(14)21-22-20/h4-12H,1-3H3. The molecule has 0 bridgehead atoms. The quantitative estimate of drug-likeness (QED) is 0.325. The molecule has 0 spiro atoms. The van der Waals surface area contributed by atoms with Gasteiger partial charge in [-0.3, -0.25) is 0 Å². The molecule has 0 radical (unpaired) electrons. The van der Waals surface area contributed by atoms with E-state index in [9.17, 15) is 4.79 Å². The van der Waals surface area contributed by atoms with E-state index in [1.165, 1.54) is 4.57 Å². The van der Waals surface area contributed by atoms with Gasteiger partial charge in [-0.1, -0.05) is 47.6 Å². The first-order valence-electron chi connectivity index (χ1n) is 7.89. The molecular formula is C19H18N4O2. The third-order valence-electron chi connectivity index (χ3n) is 3.62. The van der Waals surface area contributed by atoms with Gasteiger partial charge in [-0.15, -0.1) is 0 Å². The molecule has 0 saturated carbocycles. The Labute approximate surface area is 145 Å². The van der Waals surface area contributed by atoms with Gasteiger partial charge in [0.2, 0.25) is 0 Å². The van der Waals surface area contributed by atoms with E-state index in [1.54, 1.807) is 12.1 Å². The average Bonchev–Trinajstić information content (AvgIpc) is 2.93. The second kappa shape index (κ2) is 6.34. The number of benzene rings is 2. The second-order valence-corrected chi connectivity index (χ2v) is 6.61. The summed E-state index contributed by atoms with van der Waals surface area (Å²) in [6.45, 7) is 5.47. The van der Waals surface area contributed by atoms with Crippen LogP contribution >= 0.6 is 0 Å². The van der Waals surface area contributed by atoms with Crippen molar-refractivity contribution in [1.82, 2.24) is 4.57 Å². The van der Waals surface area contributed by atoms with Crippen molar-refractivity contribution in [3.05, 3.63) is 65.0 Å². The van der Waals surface area contributed by atoms with Crippen LogP contribution in [0.25, 0.3) is 32.6 Å². The van der Waals surface area contributed by atoms with Gasteiger partial charge < -0.3 is 4.74 Å². The number of azide groups is 1. The lowest BCUT2D eigenvalue weighted by Gasteiger charge is -2.21. The topological polar surface area (TPSA) is 80.0 Å². The summed E-state index contributed by atoms with van der Waals surface area (Å²) in [6, 6.07) is 16.6. The number of hydrogen-bond acceptors (Lipinski definition) is 3. The van der Waals surface area contributed by atoms with Gasteiger partial charge >= 0.3 is 6.09 Å². The zero-order chi connectivity index (χ0) is 18.0. The van der Waals surface area contributed by atoms with Gasteiger partial charge in [0, 0.05) is 21.5 Å². The minimum absolute atomic E-state index is 0.456. The summed E-state index contributed by atoms with van der Waals surface area (Å²) >= 11 is 0. The number of carbonyl (C=O) groups excluding carboxylic acids is 1. The Morgan fingerprint density at radius 1 is 1.12 bits per heavy atom. The molecule has 1 heterocycles. The van der Waals surface area contributed by atoms with Crippen LogP contribution in [0.2, 0.25) is 0 Å². The van der Waals surface area contributed by atoms with Crippen LogP contribution in [-0.4, -0.2) is 16.3 Å². The predicted molar refractivity (Wildman–Crippen MR) is 97.8 cm³/mol. The van der Waals surface area contributed by atoms with Crippen LogP contribution < -0.4 is 0 Å². The highest BCUT2D eigenvalue weighted by atomic mass is 16.6. The summed E-state index contributed by atoms with van der Waals surface area (Å²) in [5.74, 6) is 0. The molecule has 6 heteroatoms. The number of fused-ring (bicyclic) bond motifs is 1. The molecule has 0 fully saturated rings. The van der Waals surface area contributed by atoms with E-state index < -0.39 is 11.7 Å². The number of nitrogens with zero attached hydrogens (tertiary/aromatic N) is 4. The molecule has 126 valence electrons. The first kappa shape index (κ1) is 16.6. The van der Waals surface area contributed by atoms with E-state index in [1.807, 2.05) is 63.2 Å². The number of hydrogen-bond donors (Lipinski definition) is 0. The lowest BCUT2D eigenvalue weighted by molar-refractivity contribution is 0.0547. The molecule has 0 amide bonds. The Balaban J connectivity index is 2.27. The Morgan fingerprint density at radius 2 is 1.80 bits per heavy atom. The lowest BCUT2D eigenvalue weighted by Crippen LogP contribution is -2.27. The molecule has 1 aromatic heterocycles. The van der Waals surface area contributed by atoms with Crippen molar-refractivity contribution in [2.75, 3.05) is 0 Å². The molecule has 0 saturated heterocycles. The summed E-state index contributed by atoms with van der Waals surface area (Å²) < 4.78 is 7.09. The Kier molecular flexibility index (Phi) is 4.21. The van der Waals surface area contributed by atoms with E-state index >= 15 is 0 Å². The van der Waals surface area contributed by atoms with Crippen molar-refractivity contribution >= 4 is 22.7 Å². The molecule has 0 aliphatic heterocycles. The van der Waals surface area contributed by atoms with Crippen LogP contribution in [0.1, 0.15) is 20.8 Å². The third-order valence-corrected chi connectivity index (χ3v) is 3.62. The van der Waals surface area contributed by atoms with Crippen LogP contribution in [-0.2, 0) is 4.74 Å². The van der Waals surface area contributed by atoms with Gasteiger partial charge in [-0.25, -0.2) is 9.36 Å². The largest absolute Gasteiger partial charge is 0.443 e. The lowest BCUT2D eigenvalue weighted by atomic mass is 10.1. The molecule has 25 heavy (non-hydrogen) atoms. The normalized spacial score (nSPS) is 11.2.